The van der Waals surface area contributed by atoms with Crippen molar-refractivity contribution >= 4 is 17.6 Å². The Morgan fingerprint density at radius 2 is 1.39 bits per heavy atom. The molecule has 0 saturated carbocycles. The van der Waals surface area contributed by atoms with Crippen molar-refractivity contribution in [1.82, 2.24) is 0 Å². The third kappa shape index (κ3) is 3.66. The Morgan fingerprint density at radius 3 is 1.94 bits per heavy atom. The Labute approximate surface area is 179 Å². The van der Waals surface area contributed by atoms with Crippen LogP contribution in [0.2, 0.25) is 0 Å². The summed E-state index contributed by atoms with van der Waals surface area (Å²) >= 11 is 0. The third-order valence-electron chi connectivity index (χ3n) is 5.13. The molecule has 0 unspecified atom stereocenters. The molecule has 0 bridgehead atoms. The van der Waals surface area contributed by atoms with Gasteiger partial charge in [0.1, 0.15) is 11.5 Å². The molecular formula is C24H21NO6. The summed E-state index contributed by atoms with van der Waals surface area (Å²) in [5.74, 6) is 0.397. The minimum absolute atomic E-state index is 0.155. The first-order valence-electron chi connectivity index (χ1n) is 9.58. The fraction of sp³-hybridized carbons (Fsp3) is 0.167. The highest BCUT2D eigenvalue weighted by Crippen LogP contribution is 2.44. The first-order chi connectivity index (χ1) is 15.1. The van der Waals surface area contributed by atoms with Crippen LogP contribution in [0.1, 0.15) is 27.4 Å². The second kappa shape index (κ2) is 8.39. The quantitative estimate of drug-likeness (QED) is 0.619. The number of nitrogens with one attached hydrogen (secondary N) is 1. The van der Waals surface area contributed by atoms with Crippen LogP contribution >= 0.6 is 0 Å². The molecule has 0 radical (unpaired) electrons. The lowest BCUT2D eigenvalue weighted by molar-refractivity contribution is -0.116. The molecule has 7 nitrogen and oxygen atoms in total. The summed E-state index contributed by atoms with van der Waals surface area (Å²) < 4.78 is 21.5. The zero-order chi connectivity index (χ0) is 22.0. The third-order valence-corrected chi connectivity index (χ3v) is 5.13. The Morgan fingerprint density at radius 1 is 0.839 bits per heavy atom. The monoisotopic (exact) mass is 419 g/mol. The maximum atomic E-state index is 13.5. The lowest BCUT2D eigenvalue weighted by Gasteiger charge is -2.27. The van der Waals surface area contributed by atoms with Crippen LogP contribution in [-0.2, 0) is 9.53 Å². The molecule has 0 aliphatic carbocycles. The molecule has 1 N–H and O–H groups in total. The average Bonchev–Trinajstić information content (AvgIpc) is 2.81. The van der Waals surface area contributed by atoms with Crippen molar-refractivity contribution in [1.29, 1.82) is 0 Å². The highest BCUT2D eigenvalue weighted by atomic mass is 16.5. The van der Waals surface area contributed by atoms with Crippen molar-refractivity contribution in [3.8, 4) is 23.0 Å². The van der Waals surface area contributed by atoms with E-state index < -0.39 is 11.9 Å². The van der Waals surface area contributed by atoms with E-state index in [2.05, 4.69) is 5.32 Å². The number of benzene rings is 3. The van der Waals surface area contributed by atoms with Crippen LogP contribution in [0.5, 0.6) is 23.0 Å². The molecule has 0 spiro atoms. The van der Waals surface area contributed by atoms with Crippen molar-refractivity contribution in [3.05, 3.63) is 77.4 Å². The largest absolute Gasteiger partial charge is 0.493 e. The summed E-state index contributed by atoms with van der Waals surface area (Å²) in [4.78, 5) is 25.9. The van der Waals surface area contributed by atoms with Gasteiger partial charge >= 0.3 is 5.97 Å². The lowest BCUT2D eigenvalue weighted by atomic mass is 9.87. The molecule has 0 atom stereocenters. The number of fused-ring (bicyclic) bond motifs is 2. The van der Waals surface area contributed by atoms with Gasteiger partial charge in [-0.3, -0.25) is 4.79 Å². The van der Waals surface area contributed by atoms with Crippen molar-refractivity contribution in [3.63, 3.8) is 0 Å². The molecule has 1 aliphatic heterocycles. The van der Waals surface area contributed by atoms with Crippen molar-refractivity contribution in [2.75, 3.05) is 26.6 Å². The smallest absolute Gasteiger partial charge is 0.340 e. The fourth-order valence-electron chi connectivity index (χ4n) is 3.66. The summed E-state index contributed by atoms with van der Waals surface area (Å²) in [7, 11) is 4.22. The van der Waals surface area contributed by atoms with E-state index in [-0.39, 0.29) is 17.2 Å². The summed E-state index contributed by atoms with van der Waals surface area (Å²) in [6, 6.07) is 17.8. The molecule has 0 fully saturated rings. The Balaban J connectivity index is 1.78. The molecule has 7 heteroatoms. The average molecular weight is 419 g/mol. The van der Waals surface area contributed by atoms with E-state index in [9.17, 15) is 9.59 Å². The topological polar surface area (TPSA) is 83.1 Å². The fourth-order valence-corrected chi connectivity index (χ4v) is 3.66. The molecule has 31 heavy (non-hydrogen) atoms. The number of amides is 1. The highest BCUT2D eigenvalue weighted by Gasteiger charge is 2.33. The number of esters is 1. The van der Waals surface area contributed by atoms with Gasteiger partial charge in [0.15, 0.2) is 11.5 Å². The second-order valence-corrected chi connectivity index (χ2v) is 6.84. The minimum Gasteiger partial charge on any atom is -0.493 e. The molecule has 1 aliphatic rings. The number of hydrogen-bond acceptors (Lipinski definition) is 6. The van der Waals surface area contributed by atoms with Crippen LogP contribution in [-0.4, -0.2) is 33.2 Å². The Kier molecular flexibility index (Phi) is 5.49. The summed E-state index contributed by atoms with van der Waals surface area (Å²) in [6.07, 6.45) is 0. The molecule has 4 rings (SSSR count). The molecule has 1 amide bonds. The molecule has 0 aromatic heterocycles. The standard InChI is InChI=1S/C24H21NO6/c1-28-20-12-16(24(27)30-3)17(13-21(20)29-2)25-23(26)22-14-8-4-6-10-18(14)31-19-11-7-5-9-15(19)22/h4-13,22H,1-3H3,(H,25,26). The van der Waals surface area contributed by atoms with E-state index in [0.29, 0.717) is 23.0 Å². The first-order valence-corrected chi connectivity index (χ1v) is 9.58. The van der Waals surface area contributed by atoms with Crippen LogP contribution in [0.15, 0.2) is 60.7 Å². The van der Waals surface area contributed by atoms with Gasteiger partial charge in [0, 0.05) is 23.3 Å². The number of rotatable bonds is 5. The molecular weight excluding hydrogens is 398 g/mol. The van der Waals surface area contributed by atoms with Gasteiger partial charge in [-0.2, -0.15) is 0 Å². The molecule has 3 aromatic carbocycles. The maximum absolute atomic E-state index is 13.5. The number of anilines is 1. The number of carbonyl (C=O) groups is 2. The highest BCUT2D eigenvalue weighted by molar-refractivity contribution is 6.05. The normalized spacial score (nSPS) is 12.1. The van der Waals surface area contributed by atoms with Crippen LogP contribution < -0.4 is 19.5 Å². The summed E-state index contributed by atoms with van der Waals surface area (Å²) in [5, 5.41) is 2.87. The van der Waals surface area contributed by atoms with Crippen LogP contribution in [0.4, 0.5) is 5.69 Å². The van der Waals surface area contributed by atoms with Crippen LogP contribution in [0.3, 0.4) is 0 Å². The minimum atomic E-state index is -0.625. The predicted molar refractivity (Wildman–Crippen MR) is 114 cm³/mol. The van der Waals surface area contributed by atoms with Gasteiger partial charge in [-0.05, 0) is 12.1 Å². The zero-order valence-corrected chi connectivity index (χ0v) is 17.3. The van der Waals surface area contributed by atoms with Gasteiger partial charge < -0.3 is 24.3 Å². The van der Waals surface area contributed by atoms with E-state index in [4.69, 9.17) is 18.9 Å². The Bertz CT molecular complexity index is 1110. The van der Waals surface area contributed by atoms with Crippen molar-refractivity contribution in [2.45, 2.75) is 5.92 Å². The van der Waals surface area contributed by atoms with E-state index in [0.717, 1.165) is 11.1 Å². The SMILES string of the molecule is COC(=O)c1cc(OC)c(OC)cc1NC(=O)C1c2ccccc2Oc2ccccc21. The van der Waals surface area contributed by atoms with Gasteiger partial charge in [0.25, 0.3) is 0 Å². The molecule has 1 heterocycles. The molecule has 3 aromatic rings. The number of methoxy groups -OCH3 is 3. The first kappa shape index (κ1) is 20.3. The van der Waals surface area contributed by atoms with Gasteiger partial charge in [-0.1, -0.05) is 36.4 Å². The zero-order valence-electron chi connectivity index (χ0n) is 17.3. The van der Waals surface area contributed by atoms with Crippen molar-refractivity contribution in [2.24, 2.45) is 0 Å². The van der Waals surface area contributed by atoms with Gasteiger partial charge in [-0.15, -0.1) is 0 Å². The lowest BCUT2D eigenvalue weighted by Crippen LogP contribution is -2.26. The maximum Gasteiger partial charge on any atom is 0.340 e. The van der Waals surface area contributed by atoms with Gasteiger partial charge in [0.05, 0.1) is 38.5 Å². The van der Waals surface area contributed by atoms with Crippen LogP contribution in [0, 0.1) is 0 Å². The summed E-state index contributed by atoms with van der Waals surface area (Å²) in [5.41, 5.74) is 1.88. The van der Waals surface area contributed by atoms with Crippen LogP contribution in [0.25, 0.3) is 0 Å². The predicted octanol–water partition coefficient (Wildman–Crippen LogP) is 4.37. The number of ether oxygens (including phenoxy) is 4. The summed E-state index contributed by atoms with van der Waals surface area (Å²) in [6.45, 7) is 0. The van der Waals surface area contributed by atoms with E-state index in [1.807, 2.05) is 48.5 Å². The Hall–Kier alpha value is -4.00. The molecule has 158 valence electrons. The number of carbonyl (C=O) groups excluding carboxylic acids is 2. The van der Waals surface area contributed by atoms with E-state index in [1.165, 1.54) is 27.4 Å². The second-order valence-electron chi connectivity index (χ2n) is 6.84. The molecule has 0 saturated heterocycles. The van der Waals surface area contributed by atoms with E-state index >= 15 is 0 Å². The van der Waals surface area contributed by atoms with Gasteiger partial charge in [-0.25, -0.2) is 4.79 Å². The van der Waals surface area contributed by atoms with E-state index in [1.54, 1.807) is 6.07 Å². The number of para-hydroxylation sites is 2. The van der Waals surface area contributed by atoms with Gasteiger partial charge in [0.2, 0.25) is 5.91 Å². The number of hydrogen-bond donors (Lipinski definition) is 1. The van der Waals surface area contributed by atoms with Crippen molar-refractivity contribution < 1.29 is 28.5 Å².